The summed E-state index contributed by atoms with van der Waals surface area (Å²) in [6.07, 6.45) is 9.03. The van der Waals surface area contributed by atoms with Gasteiger partial charge in [-0.1, -0.05) is 0 Å². The average Bonchev–Trinajstić information content (AvgIpc) is 3.60. The first-order valence-corrected chi connectivity index (χ1v) is 12.4. The summed E-state index contributed by atoms with van der Waals surface area (Å²) >= 11 is 0. The molecule has 1 aromatic carbocycles. The molecule has 2 fully saturated rings. The zero-order valence-corrected chi connectivity index (χ0v) is 20.5. The molecule has 4 aromatic rings. The first-order valence-electron chi connectivity index (χ1n) is 12.4. The summed E-state index contributed by atoms with van der Waals surface area (Å²) in [5.41, 5.74) is 2.21. The number of benzene rings is 1. The van der Waals surface area contributed by atoms with Crippen LogP contribution in [-0.2, 0) is 5.54 Å². The topological polar surface area (TPSA) is 131 Å². The van der Waals surface area contributed by atoms with Crippen molar-refractivity contribution >= 4 is 16.9 Å². The number of fused-ring (bicyclic) bond motifs is 1. The van der Waals surface area contributed by atoms with Crippen LogP contribution in [0.3, 0.4) is 0 Å². The number of aromatic amines is 1. The monoisotopic (exact) mass is 509 g/mol. The molecule has 38 heavy (non-hydrogen) atoms. The SMILES string of the molecule is N#CCC1(n2cc(-c3ncnc4[nH]ccc34)cn2)CN(C2CCN(C(=O)c3ccc(C#N)c(F)c3)CC2)C1. The molecular weight excluding hydrogens is 485 g/mol. The van der Waals surface area contributed by atoms with Crippen molar-refractivity contribution in [3.63, 3.8) is 0 Å². The van der Waals surface area contributed by atoms with E-state index >= 15 is 0 Å². The zero-order chi connectivity index (χ0) is 26.3. The molecule has 0 bridgehead atoms. The van der Waals surface area contributed by atoms with E-state index in [1.54, 1.807) is 17.2 Å². The van der Waals surface area contributed by atoms with Crippen LogP contribution in [0.1, 0.15) is 35.2 Å². The molecule has 0 aliphatic carbocycles. The van der Waals surface area contributed by atoms with Gasteiger partial charge in [0.25, 0.3) is 5.91 Å². The van der Waals surface area contributed by atoms with E-state index in [9.17, 15) is 14.4 Å². The zero-order valence-electron chi connectivity index (χ0n) is 20.5. The first kappa shape index (κ1) is 23.8. The minimum atomic E-state index is -0.679. The minimum absolute atomic E-state index is 0.0713. The van der Waals surface area contributed by atoms with E-state index in [4.69, 9.17) is 5.26 Å². The molecule has 3 aromatic heterocycles. The summed E-state index contributed by atoms with van der Waals surface area (Å²) in [6.45, 7) is 2.53. The van der Waals surface area contributed by atoms with Crippen molar-refractivity contribution in [2.75, 3.05) is 26.2 Å². The smallest absolute Gasteiger partial charge is 0.253 e. The van der Waals surface area contributed by atoms with E-state index in [1.807, 2.05) is 23.1 Å². The lowest BCUT2D eigenvalue weighted by Crippen LogP contribution is -2.66. The van der Waals surface area contributed by atoms with Gasteiger partial charge in [-0.05, 0) is 37.1 Å². The molecule has 2 saturated heterocycles. The number of carbonyl (C=O) groups is 1. The van der Waals surface area contributed by atoms with E-state index in [1.165, 1.54) is 18.5 Å². The maximum atomic E-state index is 14.0. The van der Waals surface area contributed by atoms with Gasteiger partial charge in [-0.15, -0.1) is 0 Å². The fourth-order valence-electron chi connectivity index (χ4n) is 5.62. The Morgan fingerprint density at radius 1 is 1.18 bits per heavy atom. The van der Waals surface area contributed by atoms with Gasteiger partial charge in [0.05, 0.1) is 29.9 Å². The van der Waals surface area contributed by atoms with E-state index in [2.05, 4.69) is 31.0 Å². The Balaban J connectivity index is 1.11. The van der Waals surface area contributed by atoms with Gasteiger partial charge in [0.1, 0.15) is 29.4 Å². The van der Waals surface area contributed by atoms with Crippen LogP contribution in [0.4, 0.5) is 4.39 Å². The maximum Gasteiger partial charge on any atom is 0.253 e. The summed E-state index contributed by atoms with van der Waals surface area (Å²) in [7, 11) is 0. The largest absolute Gasteiger partial charge is 0.346 e. The molecule has 1 N–H and O–H groups in total. The second kappa shape index (κ2) is 9.36. The van der Waals surface area contributed by atoms with Crippen LogP contribution in [0.5, 0.6) is 0 Å². The van der Waals surface area contributed by atoms with Gasteiger partial charge < -0.3 is 9.88 Å². The standard InChI is InChI=1S/C27H24FN9O/c28-23-11-18(1-2-19(23)12-30)26(38)35-9-4-21(5-10-35)36-15-27(16-36,6-7-29)37-14-20(13-34-37)24-22-3-8-31-25(22)33-17-32-24/h1-3,8,11,13-14,17,21H,4-6,9-10,15-16H2,(H,31,32,33). The van der Waals surface area contributed by atoms with Gasteiger partial charge in [0, 0.05) is 61.1 Å². The number of carbonyl (C=O) groups excluding carboxylic acids is 1. The highest BCUT2D eigenvalue weighted by Gasteiger charge is 2.48. The number of hydrogen-bond acceptors (Lipinski definition) is 7. The van der Waals surface area contributed by atoms with Crippen LogP contribution in [0, 0.1) is 28.5 Å². The highest BCUT2D eigenvalue weighted by Crippen LogP contribution is 2.37. The van der Waals surface area contributed by atoms with Crippen LogP contribution in [0.15, 0.2) is 49.2 Å². The van der Waals surface area contributed by atoms with Crippen LogP contribution >= 0.6 is 0 Å². The molecule has 10 nitrogen and oxygen atoms in total. The van der Waals surface area contributed by atoms with Gasteiger partial charge >= 0.3 is 0 Å². The van der Waals surface area contributed by atoms with E-state index in [0.717, 1.165) is 41.2 Å². The molecule has 0 atom stereocenters. The Morgan fingerprint density at radius 2 is 2.00 bits per heavy atom. The molecule has 1 amide bonds. The second-order valence-electron chi connectivity index (χ2n) is 9.93. The summed E-state index contributed by atoms with van der Waals surface area (Å²) in [5, 5.41) is 24.1. The van der Waals surface area contributed by atoms with Crippen molar-refractivity contribution in [3.05, 3.63) is 66.1 Å². The number of aromatic nitrogens is 5. The third-order valence-corrected chi connectivity index (χ3v) is 7.70. The van der Waals surface area contributed by atoms with Crippen molar-refractivity contribution in [1.82, 2.24) is 34.5 Å². The third kappa shape index (κ3) is 3.98. The number of hydrogen-bond donors (Lipinski definition) is 1. The van der Waals surface area contributed by atoms with Crippen LogP contribution in [0.2, 0.25) is 0 Å². The molecule has 0 radical (unpaired) electrons. The van der Waals surface area contributed by atoms with Crippen molar-refractivity contribution in [2.45, 2.75) is 30.8 Å². The number of nitrogens with zero attached hydrogens (tertiary/aromatic N) is 8. The van der Waals surface area contributed by atoms with E-state index in [-0.39, 0.29) is 17.0 Å². The normalized spacial score (nSPS) is 17.6. The lowest BCUT2D eigenvalue weighted by atomic mass is 9.83. The molecule has 11 heteroatoms. The Bertz CT molecular complexity index is 1600. The average molecular weight is 510 g/mol. The maximum absolute atomic E-state index is 14.0. The molecule has 0 unspecified atom stereocenters. The summed E-state index contributed by atoms with van der Waals surface area (Å²) in [5.74, 6) is -0.902. The number of amides is 1. The lowest BCUT2D eigenvalue weighted by Gasteiger charge is -2.53. The first-order chi connectivity index (χ1) is 18.5. The summed E-state index contributed by atoms with van der Waals surface area (Å²) in [4.78, 5) is 28.8. The summed E-state index contributed by atoms with van der Waals surface area (Å²) in [6, 6.07) is 10.3. The molecular formula is C27H24FN9O. The van der Waals surface area contributed by atoms with Crippen LogP contribution in [-0.4, -0.2) is 72.7 Å². The number of piperidine rings is 1. The molecule has 6 rings (SSSR count). The van der Waals surface area contributed by atoms with Gasteiger partial charge in [-0.2, -0.15) is 15.6 Å². The number of likely N-dealkylation sites (tertiary alicyclic amines) is 2. The van der Waals surface area contributed by atoms with Gasteiger partial charge in [-0.25, -0.2) is 14.4 Å². The van der Waals surface area contributed by atoms with Crippen molar-refractivity contribution in [1.29, 1.82) is 10.5 Å². The highest BCUT2D eigenvalue weighted by atomic mass is 19.1. The summed E-state index contributed by atoms with van der Waals surface area (Å²) < 4.78 is 15.9. The number of H-pyrrole nitrogens is 1. The van der Waals surface area contributed by atoms with Crippen LogP contribution in [0.25, 0.3) is 22.3 Å². The Morgan fingerprint density at radius 3 is 2.74 bits per heavy atom. The minimum Gasteiger partial charge on any atom is -0.346 e. The molecule has 0 saturated carbocycles. The highest BCUT2D eigenvalue weighted by molar-refractivity contribution is 5.94. The van der Waals surface area contributed by atoms with Gasteiger partial charge in [-0.3, -0.25) is 14.4 Å². The molecule has 2 aliphatic heterocycles. The quantitative estimate of drug-likeness (QED) is 0.437. The van der Waals surface area contributed by atoms with Crippen molar-refractivity contribution in [2.24, 2.45) is 0 Å². The molecule has 2 aliphatic rings. The van der Waals surface area contributed by atoms with Crippen molar-refractivity contribution < 1.29 is 9.18 Å². The molecule has 0 spiro atoms. The van der Waals surface area contributed by atoms with Crippen molar-refractivity contribution in [3.8, 4) is 23.4 Å². The van der Waals surface area contributed by atoms with Crippen LogP contribution < -0.4 is 0 Å². The number of nitriles is 2. The second-order valence-corrected chi connectivity index (χ2v) is 9.93. The predicted molar refractivity (Wildman–Crippen MR) is 135 cm³/mol. The third-order valence-electron chi connectivity index (χ3n) is 7.70. The number of rotatable bonds is 5. The Kier molecular flexibility index (Phi) is 5.86. The van der Waals surface area contributed by atoms with Gasteiger partial charge in [0.2, 0.25) is 0 Å². The molecule has 5 heterocycles. The fourth-order valence-corrected chi connectivity index (χ4v) is 5.62. The predicted octanol–water partition coefficient (Wildman–Crippen LogP) is 3.06. The Labute approximate surface area is 217 Å². The van der Waals surface area contributed by atoms with E-state index in [0.29, 0.717) is 38.6 Å². The van der Waals surface area contributed by atoms with Gasteiger partial charge in [0.15, 0.2) is 0 Å². The number of halogens is 1. The fraction of sp³-hybridized carbons (Fsp3) is 0.333. The number of nitrogens with one attached hydrogen (secondary N) is 1. The molecule has 190 valence electrons. The Hall–Kier alpha value is -4.61. The van der Waals surface area contributed by atoms with E-state index < -0.39 is 11.4 Å². The lowest BCUT2D eigenvalue weighted by molar-refractivity contribution is -0.0412.